The van der Waals surface area contributed by atoms with Crippen LogP contribution in [0.4, 0.5) is 10.5 Å². The van der Waals surface area contributed by atoms with Crippen LogP contribution in [-0.2, 0) is 14.8 Å². The number of piperidine rings is 1. The van der Waals surface area contributed by atoms with Gasteiger partial charge in [-0.1, -0.05) is 42.5 Å². The van der Waals surface area contributed by atoms with Gasteiger partial charge in [-0.05, 0) is 50.2 Å². The molecular weight excluding hydrogens is 492 g/mol. The number of amides is 3. The molecule has 0 atom stereocenters. The lowest BCUT2D eigenvalue weighted by atomic mass is 10.1. The smallest absolute Gasteiger partial charge is 0.334 e. The molecule has 3 aromatic rings. The predicted octanol–water partition coefficient (Wildman–Crippen LogP) is 3.29. The summed E-state index contributed by atoms with van der Waals surface area (Å²) < 4.78 is 34.9. The van der Waals surface area contributed by atoms with Crippen molar-refractivity contribution in [3.05, 3.63) is 72.3 Å². The second kappa shape index (κ2) is 10.9. The van der Waals surface area contributed by atoms with E-state index in [2.05, 4.69) is 10.6 Å². The first-order valence-electron chi connectivity index (χ1n) is 12.5. The number of hydrogen-bond acceptors (Lipinski definition) is 6. The van der Waals surface area contributed by atoms with Gasteiger partial charge in [-0.25, -0.2) is 17.5 Å². The van der Waals surface area contributed by atoms with E-state index in [9.17, 15) is 18.0 Å². The third kappa shape index (κ3) is 5.18. The van der Waals surface area contributed by atoms with Gasteiger partial charge < -0.3 is 20.3 Å². The molecular formula is C27H30N4O5S. The van der Waals surface area contributed by atoms with E-state index in [0.29, 0.717) is 74.3 Å². The molecule has 0 saturated carbocycles. The van der Waals surface area contributed by atoms with Crippen molar-refractivity contribution in [2.75, 3.05) is 44.7 Å². The Morgan fingerprint density at radius 1 is 0.892 bits per heavy atom. The third-order valence-corrected chi connectivity index (χ3v) is 8.70. The van der Waals surface area contributed by atoms with Crippen LogP contribution >= 0.6 is 0 Å². The van der Waals surface area contributed by atoms with Gasteiger partial charge in [-0.15, -0.1) is 0 Å². The molecule has 2 saturated heterocycles. The number of nitrogens with zero attached hydrogens (tertiary/aromatic N) is 2. The summed E-state index contributed by atoms with van der Waals surface area (Å²) >= 11 is 0. The summed E-state index contributed by atoms with van der Waals surface area (Å²) in [4.78, 5) is 28.1. The zero-order valence-electron chi connectivity index (χ0n) is 20.4. The number of anilines is 1. The van der Waals surface area contributed by atoms with Crippen LogP contribution in [0.5, 0.6) is 0 Å². The van der Waals surface area contributed by atoms with Crippen LogP contribution in [0.15, 0.2) is 71.6 Å². The molecule has 2 N–H and O–H groups in total. The van der Waals surface area contributed by atoms with Gasteiger partial charge in [-0.3, -0.25) is 4.79 Å². The molecule has 3 amide bonds. The highest BCUT2D eigenvalue weighted by Crippen LogP contribution is 2.33. The molecule has 0 aliphatic carbocycles. The third-order valence-electron chi connectivity index (χ3n) is 6.81. The summed E-state index contributed by atoms with van der Waals surface area (Å²) in [7, 11) is -4.21. The molecule has 2 heterocycles. The molecule has 9 nitrogen and oxygen atoms in total. The van der Waals surface area contributed by atoms with E-state index in [1.165, 1.54) is 6.07 Å². The van der Waals surface area contributed by atoms with Crippen molar-refractivity contribution >= 4 is 38.4 Å². The number of sulfonamides is 1. The van der Waals surface area contributed by atoms with Crippen LogP contribution in [0.25, 0.3) is 10.8 Å². The molecule has 0 aromatic heterocycles. The number of carbonyl (C=O) groups is 2. The van der Waals surface area contributed by atoms with Crippen LogP contribution in [0, 0.1) is 0 Å². The average molecular weight is 523 g/mol. The fourth-order valence-electron chi connectivity index (χ4n) is 4.90. The zero-order chi connectivity index (χ0) is 25.8. The second-order valence-corrected chi connectivity index (χ2v) is 10.9. The molecule has 194 valence electrons. The lowest BCUT2D eigenvalue weighted by Gasteiger charge is -2.38. The number of benzene rings is 3. The zero-order valence-corrected chi connectivity index (χ0v) is 21.2. The maximum atomic E-state index is 14.2. The molecule has 0 bridgehead atoms. The predicted molar refractivity (Wildman–Crippen MR) is 141 cm³/mol. The minimum Gasteiger partial charge on any atom is -0.378 e. The van der Waals surface area contributed by atoms with Crippen LogP contribution in [-0.4, -0.2) is 75.0 Å². The van der Waals surface area contributed by atoms with Gasteiger partial charge in [0.15, 0.2) is 0 Å². The Bertz CT molecular complexity index is 1380. The quantitative estimate of drug-likeness (QED) is 0.533. The van der Waals surface area contributed by atoms with E-state index in [1.54, 1.807) is 59.5 Å². The van der Waals surface area contributed by atoms with Gasteiger partial charge in [0, 0.05) is 35.1 Å². The Morgan fingerprint density at radius 3 is 2.30 bits per heavy atom. The molecule has 0 unspecified atom stereocenters. The number of urea groups is 1. The highest BCUT2D eigenvalue weighted by Gasteiger charge is 2.39. The highest BCUT2D eigenvalue weighted by atomic mass is 32.2. The molecule has 0 spiro atoms. The van der Waals surface area contributed by atoms with Gasteiger partial charge in [0.25, 0.3) is 15.9 Å². The Labute approximate surface area is 216 Å². The molecule has 2 aliphatic rings. The fraction of sp³-hybridized carbons (Fsp3) is 0.333. The Kier molecular flexibility index (Phi) is 7.40. The first-order chi connectivity index (χ1) is 18.0. The van der Waals surface area contributed by atoms with E-state index in [0.717, 1.165) is 4.31 Å². The van der Waals surface area contributed by atoms with E-state index in [4.69, 9.17) is 4.74 Å². The summed E-state index contributed by atoms with van der Waals surface area (Å²) in [5.74, 6) is -0.291. The number of hydrogen-bond donors (Lipinski definition) is 2. The largest absolute Gasteiger partial charge is 0.378 e. The van der Waals surface area contributed by atoms with Gasteiger partial charge in [0.05, 0.1) is 24.2 Å². The van der Waals surface area contributed by atoms with Crippen molar-refractivity contribution in [1.82, 2.24) is 14.5 Å². The Morgan fingerprint density at radius 2 is 1.57 bits per heavy atom. The lowest BCUT2D eigenvalue weighted by molar-refractivity contribution is 0.0459. The SMILES string of the molecule is O=C(Nc1cccc2c(S(=O)(=O)N(C(=O)N3CCOCC3)C3CCNCC3)cccc12)c1ccccc1. The van der Waals surface area contributed by atoms with Crippen LogP contribution in [0.2, 0.25) is 0 Å². The maximum Gasteiger partial charge on any atom is 0.334 e. The van der Waals surface area contributed by atoms with E-state index in [-0.39, 0.29) is 10.8 Å². The lowest BCUT2D eigenvalue weighted by Crippen LogP contribution is -2.55. The monoisotopic (exact) mass is 522 g/mol. The summed E-state index contributed by atoms with van der Waals surface area (Å²) in [6, 6.07) is 18.0. The van der Waals surface area contributed by atoms with Crippen LogP contribution < -0.4 is 10.6 Å². The van der Waals surface area contributed by atoms with Crippen molar-refractivity contribution in [3.63, 3.8) is 0 Å². The first kappa shape index (κ1) is 25.2. The number of nitrogens with one attached hydrogen (secondary N) is 2. The van der Waals surface area contributed by atoms with Crippen molar-refractivity contribution in [3.8, 4) is 0 Å². The number of carbonyl (C=O) groups excluding carboxylic acids is 2. The van der Waals surface area contributed by atoms with Gasteiger partial charge in [0.1, 0.15) is 0 Å². The van der Waals surface area contributed by atoms with E-state index >= 15 is 0 Å². The summed E-state index contributed by atoms with van der Waals surface area (Å²) in [5, 5.41) is 7.17. The first-order valence-corrected chi connectivity index (χ1v) is 13.9. The minimum absolute atomic E-state index is 0.0425. The highest BCUT2D eigenvalue weighted by molar-refractivity contribution is 7.90. The number of fused-ring (bicyclic) bond motifs is 1. The summed E-state index contributed by atoms with van der Waals surface area (Å²) in [6.45, 7) is 2.73. The molecule has 2 fully saturated rings. The standard InChI is InChI=1S/C27H30N4O5S/c32-26(20-6-2-1-3-7-20)29-24-10-4-9-23-22(24)8-5-11-25(23)37(34,35)31(21-12-14-28-15-13-21)27(33)30-16-18-36-19-17-30/h1-11,21,28H,12-19H2,(H,29,32). The van der Waals surface area contributed by atoms with Crippen molar-refractivity contribution in [1.29, 1.82) is 0 Å². The molecule has 37 heavy (non-hydrogen) atoms. The van der Waals surface area contributed by atoms with Crippen LogP contribution in [0.3, 0.4) is 0 Å². The van der Waals surface area contributed by atoms with Gasteiger partial charge in [0.2, 0.25) is 0 Å². The Balaban J connectivity index is 1.54. The fourth-order valence-corrected chi connectivity index (χ4v) is 6.74. The average Bonchev–Trinajstić information content (AvgIpc) is 2.94. The van der Waals surface area contributed by atoms with Crippen LogP contribution in [0.1, 0.15) is 23.2 Å². The Hall–Kier alpha value is -3.47. The molecule has 0 radical (unpaired) electrons. The van der Waals surface area contributed by atoms with E-state index in [1.807, 2.05) is 6.07 Å². The van der Waals surface area contributed by atoms with Gasteiger partial charge in [-0.2, -0.15) is 0 Å². The number of rotatable bonds is 5. The number of morpholine rings is 1. The van der Waals surface area contributed by atoms with Crippen molar-refractivity contribution in [2.24, 2.45) is 0 Å². The van der Waals surface area contributed by atoms with E-state index < -0.39 is 22.1 Å². The normalized spacial score (nSPS) is 16.9. The minimum atomic E-state index is -4.21. The number of ether oxygens (including phenoxy) is 1. The van der Waals surface area contributed by atoms with Crippen molar-refractivity contribution in [2.45, 2.75) is 23.8 Å². The molecule has 10 heteroatoms. The molecule has 3 aromatic carbocycles. The summed E-state index contributed by atoms with van der Waals surface area (Å²) in [5.41, 5.74) is 0.993. The van der Waals surface area contributed by atoms with Crippen molar-refractivity contribution < 1.29 is 22.7 Å². The molecule has 5 rings (SSSR count). The maximum absolute atomic E-state index is 14.2. The topological polar surface area (TPSA) is 108 Å². The van der Waals surface area contributed by atoms with Gasteiger partial charge >= 0.3 is 6.03 Å². The summed E-state index contributed by atoms with van der Waals surface area (Å²) in [6.07, 6.45) is 1.08. The molecule has 2 aliphatic heterocycles. The second-order valence-electron chi connectivity index (χ2n) is 9.14.